The lowest BCUT2D eigenvalue weighted by Gasteiger charge is -2.46. The van der Waals surface area contributed by atoms with Gasteiger partial charge in [-0.3, -0.25) is 0 Å². The Bertz CT molecular complexity index is 3560. The standard InChI is InChI=1S/C60H53BN2OS/c1-58(2,3)37-23-27-40(28-24-37)63-48-31-26-39(60(7,8)9)34-46(48)53-54-50(35-45-41-19-13-15-21-51(41)64-56(45)53)62(47-30-25-38(59(4,5)6)33-44(47)36-17-11-10-12-18-36)49-32-29-43-42-20-14-16-22-52(42)65-57(43)55(49)61(54)63/h10-35H,1-9H3. The van der Waals surface area contributed by atoms with E-state index < -0.39 is 0 Å². The van der Waals surface area contributed by atoms with Crippen LogP contribution >= 0.6 is 11.3 Å². The Labute approximate surface area is 387 Å². The molecule has 10 aromatic rings. The van der Waals surface area contributed by atoms with Crippen molar-refractivity contribution in [2.45, 2.75) is 78.6 Å². The van der Waals surface area contributed by atoms with Gasteiger partial charge in [0.15, 0.2) is 0 Å². The predicted molar refractivity (Wildman–Crippen MR) is 282 cm³/mol. The second kappa shape index (κ2) is 14.0. The normalized spacial score (nSPS) is 13.8. The van der Waals surface area contributed by atoms with Crippen LogP contribution in [0.3, 0.4) is 0 Å². The van der Waals surface area contributed by atoms with Crippen LogP contribution in [-0.4, -0.2) is 6.85 Å². The van der Waals surface area contributed by atoms with Gasteiger partial charge in [-0.25, -0.2) is 0 Å². The number of rotatable bonds is 3. The first-order valence-electron chi connectivity index (χ1n) is 23.1. The summed E-state index contributed by atoms with van der Waals surface area (Å²) >= 11 is 1.92. The third kappa shape index (κ3) is 6.08. The Morgan fingerprint density at radius 1 is 0.462 bits per heavy atom. The molecule has 0 radical (unpaired) electrons. The number of anilines is 5. The maximum absolute atomic E-state index is 7.18. The molecule has 0 bridgehead atoms. The smallest absolute Gasteiger partial charge is 0.334 e. The molecular formula is C60H53BN2OS. The van der Waals surface area contributed by atoms with Crippen LogP contribution < -0.4 is 20.6 Å². The summed E-state index contributed by atoms with van der Waals surface area (Å²) in [7, 11) is 0. The average molecular weight is 861 g/mol. The maximum Gasteiger partial charge on any atom is 0.334 e. The molecule has 0 amide bonds. The van der Waals surface area contributed by atoms with Crippen LogP contribution in [0.15, 0.2) is 162 Å². The Kier molecular flexibility index (Phi) is 8.60. The SMILES string of the molecule is CC(C)(C)c1ccc(N2B3c4c(cc5c(oc6ccccc65)c4-c4cc(C(C)(C)C)ccc42)N(c2ccc(C(C)(C)C)cc2-c2ccccc2)c2ccc4c(sc5ccccc54)c23)cc1. The van der Waals surface area contributed by atoms with E-state index in [4.69, 9.17) is 4.42 Å². The number of furan rings is 1. The predicted octanol–water partition coefficient (Wildman–Crippen LogP) is 16.2. The molecule has 8 aromatic carbocycles. The summed E-state index contributed by atoms with van der Waals surface area (Å²) in [6, 6.07) is 59.6. The van der Waals surface area contributed by atoms with E-state index in [1.807, 2.05) is 11.3 Å². The van der Waals surface area contributed by atoms with Crippen LogP contribution in [0.25, 0.3) is 64.4 Å². The van der Waals surface area contributed by atoms with Gasteiger partial charge in [0.25, 0.3) is 0 Å². The summed E-state index contributed by atoms with van der Waals surface area (Å²) in [6.07, 6.45) is 0. The second-order valence-corrected chi connectivity index (χ2v) is 22.4. The van der Waals surface area contributed by atoms with E-state index in [1.54, 1.807) is 0 Å². The van der Waals surface area contributed by atoms with E-state index in [0.717, 1.165) is 27.6 Å². The molecule has 0 unspecified atom stereocenters. The molecule has 0 saturated carbocycles. The molecule has 2 aliphatic heterocycles. The van der Waals surface area contributed by atoms with Gasteiger partial charge in [0, 0.05) is 70.4 Å². The van der Waals surface area contributed by atoms with Crippen molar-refractivity contribution in [1.29, 1.82) is 0 Å². The lowest BCUT2D eigenvalue weighted by Crippen LogP contribution is -2.61. The van der Waals surface area contributed by atoms with Gasteiger partial charge in [0.2, 0.25) is 0 Å². The van der Waals surface area contributed by atoms with E-state index in [0.29, 0.717) is 0 Å². The highest BCUT2D eigenvalue weighted by molar-refractivity contribution is 7.27. The third-order valence-corrected chi connectivity index (χ3v) is 15.3. The quantitative estimate of drug-likeness (QED) is 0.165. The molecule has 3 nitrogen and oxygen atoms in total. The van der Waals surface area contributed by atoms with Gasteiger partial charge in [-0.15, -0.1) is 11.3 Å². The lowest BCUT2D eigenvalue weighted by atomic mass is 9.43. The van der Waals surface area contributed by atoms with Crippen molar-refractivity contribution in [3.63, 3.8) is 0 Å². The van der Waals surface area contributed by atoms with Crippen LogP contribution in [0, 0.1) is 0 Å². The van der Waals surface area contributed by atoms with E-state index in [2.05, 4.69) is 230 Å². The topological polar surface area (TPSA) is 19.6 Å². The molecule has 0 saturated heterocycles. The largest absolute Gasteiger partial charge is 0.455 e. The van der Waals surface area contributed by atoms with Crippen molar-refractivity contribution >= 4 is 99.7 Å². The van der Waals surface area contributed by atoms with Crippen LogP contribution in [0.5, 0.6) is 0 Å². The fourth-order valence-electron chi connectivity index (χ4n) is 10.6. The summed E-state index contributed by atoms with van der Waals surface area (Å²) in [5.74, 6) is 0. The van der Waals surface area contributed by atoms with Crippen molar-refractivity contribution in [3.8, 4) is 22.3 Å². The molecule has 2 aliphatic rings. The highest BCUT2D eigenvalue weighted by Crippen LogP contribution is 2.54. The van der Waals surface area contributed by atoms with Gasteiger partial charge in [-0.05, 0) is 110 Å². The first-order valence-corrected chi connectivity index (χ1v) is 23.9. The summed E-state index contributed by atoms with van der Waals surface area (Å²) in [5, 5.41) is 4.85. The number of fused-ring (bicyclic) bond motifs is 12. The highest BCUT2D eigenvalue weighted by Gasteiger charge is 2.48. The first kappa shape index (κ1) is 40.0. The first-order chi connectivity index (χ1) is 31.1. The lowest BCUT2D eigenvalue weighted by molar-refractivity contribution is 0.590. The third-order valence-electron chi connectivity index (χ3n) is 14.1. The number of benzene rings is 8. The minimum atomic E-state index is -0.178. The molecule has 12 rings (SSSR count). The van der Waals surface area contributed by atoms with E-state index >= 15 is 0 Å². The Balaban J connectivity index is 1.29. The van der Waals surface area contributed by atoms with Gasteiger partial charge >= 0.3 is 6.85 Å². The summed E-state index contributed by atoms with van der Waals surface area (Å²) in [6.45, 7) is 20.6. The van der Waals surface area contributed by atoms with E-state index in [-0.39, 0.29) is 23.1 Å². The van der Waals surface area contributed by atoms with Gasteiger partial charge in [0.1, 0.15) is 11.2 Å². The molecule has 0 atom stereocenters. The zero-order valence-electron chi connectivity index (χ0n) is 38.8. The molecule has 0 fully saturated rings. The number of hydrogen-bond acceptors (Lipinski definition) is 4. The molecular weight excluding hydrogens is 808 g/mol. The van der Waals surface area contributed by atoms with Gasteiger partial charge in [-0.1, -0.05) is 159 Å². The summed E-state index contributed by atoms with van der Waals surface area (Å²) in [5.41, 5.74) is 19.0. The van der Waals surface area contributed by atoms with Crippen molar-refractivity contribution in [3.05, 3.63) is 174 Å². The molecule has 5 heteroatoms. The number of thiophene rings is 1. The van der Waals surface area contributed by atoms with Crippen molar-refractivity contribution < 1.29 is 4.42 Å². The maximum atomic E-state index is 7.18. The van der Waals surface area contributed by atoms with Crippen LogP contribution in [0.2, 0.25) is 0 Å². The van der Waals surface area contributed by atoms with Crippen LogP contribution in [0.1, 0.15) is 79.0 Å². The molecule has 0 spiro atoms. The fraction of sp³-hybridized carbons (Fsp3) is 0.200. The molecule has 0 aliphatic carbocycles. The zero-order valence-corrected chi connectivity index (χ0v) is 39.6. The van der Waals surface area contributed by atoms with Crippen molar-refractivity contribution in [2.24, 2.45) is 0 Å². The van der Waals surface area contributed by atoms with E-state index in [9.17, 15) is 0 Å². The van der Waals surface area contributed by atoms with E-state index in [1.165, 1.54) is 92.8 Å². The van der Waals surface area contributed by atoms with Crippen LogP contribution in [0.4, 0.5) is 28.4 Å². The monoisotopic (exact) mass is 860 g/mol. The fourth-order valence-corrected chi connectivity index (χ4v) is 11.9. The second-order valence-electron chi connectivity index (χ2n) is 21.4. The van der Waals surface area contributed by atoms with Gasteiger partial charge in [0.05, 0.1) is 5.69 Å². The Hall–Kier alpha value is -6.56. The van der Waals surface area contributed by atoms with Crippen molar-refractivity contribution in [1.82, 2.24) is 0 Å². The van der Waals surface area contributed by atoms with Gasteiger partial charge < -0.3 is 14.1 Å². The minimum absolute atomic E-state index is 0.0206. The highest BCUT2D eigenvalue weighted by atomic mass is 32.1. The molecule has 4 heterocycles. The number of para-hydroxylation sites is 1. The summed E-state index contributed by atoms with van der Waals surface area (Å²) in [4.78, 5) is 5.28. The molecule has 65 heavy (non-hydrogen) atoms. The van der Waals surface area contributed by atoms with Gasteiger partial charge in [-0.2, -0.15) is 0 Å². The molecule has 0 N–H and O–H groups in total. The van der Waals surface area contributed by atoms with Crippen molar-refractivity contribution in [2.75, 3.05) is 9.71 Å². The molecule has 2 aromatic heterocycles. The number of hydrogen-bond donors (Lipinski definition) is 0. The molecule has 318 valence electrons. The Morgan fingerprint density at radius 3 is 1.77 bits per heavy atom. The minimum Gasteiger partial charge on any atom is -0.455 e. The van der Waals surface area contributed by atoms with Crippen LogP contribution in [-0.2, 0) is 16.2 Å². The zero-order chi connectivity index (χ0) is 44.7. The Morgan fingerprint density at radius 2 is 1.06 bits per heavy atom. The summed E-state index contributed by atoms with van der Waals surface area (Å²) < 4.78 is 9.79. The average Bonchev–Trinajstić information content (AvgIpc) is 3.86. The number of nitrogens with zero attached hydrogens (tertiary/aromatic N) is 2.